The van der Waals surface area contributed by atoms with E-state index in [-0.39, 0.29) is 0 Å². The maximum Gasteiger partial charge on any atom is 0.118 e. The van der Waals surface area contributed by atoms with Crippen molar-refractivity contribution in [1.82, 2.24) is 0 Å². The van der Waals surface area contributed by atoms with Crippen molar-refractivity contribution in [2.45, 2.75) is 0 Å². The molecular weight excluding hydrogens is 295 g/mol. The van der Waals surface area contributed by atoms with Gasteiger partial charge in [-0.25, -0.2) is 0 Å². The molecule has 2 rings (SSSR count). The number of nitrogens with two attached hydrogens (primary N) is 2. The van der Waals surface area contributed by atoms with Crippen LogP contribution in [-0.2, 0) is 0 Å². The number of hydrazone groups is 2. The molecule has 0 unspecified atom stereocenters. The fourth-order valence-corrected chi connectivity index (χ4v) is 2.01. The van der Waals surface area contributed by atoms with E-state index < -0.39 is 0 Å². The zero-order valence-electron chi connectivity index (χ0n) is 10.4. The molecule has 0 bridgehead atoms. The van der Waals surface area contributed by atoms with Crippen molar-refractivity contribution in [2.24, 2.45) is 21.9 Å². The summed E-state index contributed by atoms with van der Waals surface area (Å²) in [4.78, 5) is 0. The van der Waals surface area contributed by atoms with Gasteiger partial charge in [0.15, 0.2) is 0 Å². The van der Waals surface area contributed by atoms with Crippen molar-refractivity contribution < 1.29 is 0 Å². The van der Waals surface area contributed by atoms with E-state index >= 15 is 0 Å². The lowest BCUT2D eigenvalue weighted by atomic mass is 10.00. The molecule has 0 spiro atoms. The van der Waals surface area contributed by atoms with Gasteiger partial charge in [-0.05, 0) is 24.3 Å². The highest BCUT2D eigenvalue weighted by Gasteiger charge is 2.14. The quantitative estimate of drug-likeness (QED) is 0.519. The number of nitrogens with zero attached hydrogens (tertiary/aromatic N) is 2. The standard InChI is InChI=1S/C14H12Cl2N4/c15-11-5-1-9(2-6-11)13(19-17)14(20-18)10-3-7-12(16)8-4-10/h1-8H,17-18H2. The summed E-state index contributed by atoms with van der Waals surface area (Å²) in [6.07, 6.45) is 0. The summed E-state index contributed by atoms with van der Waals surface area (Å²) in [5.74, 6) is 11.0. The van der Waals surface area contributed by atoms with Crippen molar-refractivity contribution in [1.29, 1.82) is 0 Å². The molecule has 2 aromatic carbocycles. The molecule has 102 valence electrons. The van der Waals surface area contributed by atoms with Gasteiger partial charge in [0.1, 0.15) is 11.4 Å². The molecule has 0 fully saturated rings. The van der Waals surface area contributed by atoms with E-state index in [1.54, 1.807) is 48.5 Å². The van der Waals surface area contributed by atoms with E-state index in [4.69, 9.17) is 34.9 Å². The molecule has 0 aliphatic carbocycles. The van der Waals surface area contributed by atoms with Crippen LogP contribution in [0.4, 0.5) is 0 Å². The Labute approximate surface area is 126 Å². The lowest BCUT2D eigenvalue weighted by Crippen LogP contribution is -2.20. The molecule has 0 radical (unpaired) electrons. The topological polar surface area (TPSA) is 76.8 Å². The average molecular weight is 307 g/mol. The van der Waals surface area contributed by atoms with Crippen LogP contribution < -0.4 is 11.7 Å². The lowest BCUT2D eigenvalue weighted by Gasteiger charge is -2.09. The van der Waals surface area contributed by atoms with Crippen LogP contribution in [0.25, 0.3) is 0 Å². The minimum absolute atomic E-state index is 0.478. The number of halogens is 2. The maximum absolute atomic E-state index is 5.87. The smallest absolute Gasteiger partial charge is 0.118 e. The summed E-state index contributed by atoms with van der Waals surface area (Å²) < 4.78 is 0. The highest BCUT2D eigenvalue weighted by molar-refractivity contribution is 6.53. The second kappa shape index (κ2) is 6.41. The molecule has 4 N–H and O–H groups in total. The number of hydrogen-bond acceptors (Lipinski definition) is 4. The van der Waals surface area contributed by atoms with E-state index in [0.717, 1.165) is 11.1 Å². The van der Waals surface area contributed by atoms with Gasteiger partial charge in [-0.15, -0.1) is 0 Å². The van der Waals surface area contributed by atoms with Gasteiger partial charge in [-0.1, -0.05) is 47.5 Å². The van der Waals surface area contributed by atoms with Gasteiger partial charge >= 0.3 is 0 Å². The molecule has 0 saturated heterocycles. The van der Waals surface area contributed by atoms with Gasteiger partial charge in [-0.3, -0.25) is 0 Å². The molecule has 0 aliphatic heterocycles. The van der Waals surface area contributed by atoms with E-state index in [1.807, 2.05) is 0 Å². The van der Waals surface area contributed by atoms with Gasteiger partial charge in [0.2, 0.25) is 0 Å². The molecule has 20 heavy (non-hydrogen) atoms. The van der Waals surface area contributed by atoms with Crippen molar-refractivity contribution in [3.8, 4) is 0 Å². The van der Waals surface area contributed by atoms with E-state index in [1.165, 1.54) is 0 Å². The van der Waals surface area contributed by atoms with Crippen LogP contribution in [-0.4, -0.2) is 11.4 Å². The molecule has 0 saturated carbocycles. The summed E-state index contributed by atoms with van der Waals surface area (Å²) in [6.45, 7) is 0. The van der Waals surface area contributed by atoms with Gasteiger partial charge < -0.3 is 11.7 Å². The third kappa shape index (κ3) is 3.10. The third-order valence-electron chi connectivity index (χ3n) is 2.72. The SMILES string of the molecule is NN=C(C(=NN)c1ccc(Cl)cc1)c1ccc(Cl)cc1. The Morgan fingerprint density at radius 2 is 0.950 bits per heavy atom. The second-order valence-electron chi connectivity index (χ2n) is 3.97. The molecule has 2 aromatic rings. The Kier molecular flexibility index (Phi) is 4.61. The molecule has 6 heteroatoms. The van der Waals surface area contributed by atoms with Gasteiger partial charge in [0.05, 0.1) is 0 Å². The number of benzene rings is 2. The second-order valence-corrected chi connectivity index (χ2v) is 4.84. The predicted octanol–water partition coefficient (Wildman–Crippen LogP) is 3.02. The fourth-order valence-electron chi connectivity index (χ4n) is 1.76. The Balaban J connectivity index is 2.44. The summed E-state index contributed by atoms with van der Waals surface area (Å²) in [5, 5.41) is 8.83. The minimum atomic E-state index is 0.478. The third-order valence-corrected chi connectivity index (χ3v) is 3.22. The normalized spacial score (nSPS) is 12.5. The fraction of sp³-hybridized carbons (Fsp3) is 0. The summed E-state index contributed by atoms with van der Waals surface area (Å²) in [7, 11) is 0. The van der Waals surface area contributed by atoms with Crippen LogP contribution in [0.5, 0.6) is 0 Å². The first kappa shape index (κ1) is 14.4. The zero-order valence-corrected chi connectivity index (χ0v) is 11.9. The van der Waals surface area contributed by atoms with Gasteiger partial charge in [0.25, 0.3) is 0 Å². The Morgan fingerprint density at radius 3 is 1.20 bits per heavy atom. The monoisotopic (exact) mass is 306 g/mol. The van der Waals surface area contributed by atoms with E-state index in [2.05, 4.69) is 10.2 Å². The largest absolute Gasteiger partial charge is 0.323 e. The maximum atomic E-state index is 5.87. The Hall–Kier alpha value is -2.04. The molecule has 0 atom stereocenters. The van der Waals surface area contributed by atoms with Crippen molar-refractivity contribution in [3.63, 3.8) is 0 Å². The summed E-state index contributed by atoms with van der Waals surface area (Å²) >= 11 is 11.7. The predicted molar refractivity (Wildman–Crippen MR) is 84.4 cm³/mol. The Morgan fingerprint density at radius 1 is 0.650 bits per heavy atom. The van der Waals surface area contributed by atoms with Crippen LogP contribution in [0.1, 0.15) is 11.1 Å². The average Bonchev–Trinajstić information content (AvgIpc) is 2.47. The first-order valence-electron chi connectivity index (χ1n) is 5.73. The lowest BCUT2D eigenvalue weighted by molar-refractivity contribution is 1.23. The first-order chi connectivity index (χ1) is 9.65. The van der Waals surface area contributed by atoms with Crippen molar-refractivity contribution >= 4 is 34.6 Å². The van der Waals surface area contributed by atoms with E-state index in [0.29, 0.717) is 21.5 Å². The highest BCUT2D eigenvalue weighted by Crippen LogP contribution is 2.15. The van der Waals surface area contributed by atoms with Crippen LogP contribution in [0.2, 0.25) is 10.0 Å². The van der Waals surface area contributed by atoms with Crippen molar-refractivity contribution in [3.05, 3.63) is 69.7 Å². The highest BCUT2D eigenvalue weighted by atomic mass is 35.5. The van der Waals surface area contributed by atoms with Gasteiger partial charge in [-0.2, -0.15) is 10.2 Å². The number of hydrogen-bond donors (Lipinski definition) is 2. The van der Waals surface area contributed by atoms with E-state index in [9.17, 15) is 0 Å². The van der Waals surface area contributed by atoms with Gasteiger partial charge in [0, 0.05) is 21.2 Å². The van der Waals surface area contributed by atoms with Crippen LogP contribution in [0.3, 0.4) is 0 Å². The zero-order chi connectivity index (χ0) is 14.5. The Bertz CT molecular complexity index is 586. The molecule has 0 heterocycles. The molecular formula is C14H12Cl2N4. The molecule has 4 nitrogen and oxygen atoms in total. The summed E-state index contributed by atoms with van der Waals surface area (Å²) in [5.41, 5.74) is 2.50. The minimum Gasteiger partial charge on any atom is -0.323 e. The molecule has 0 aliphatic rings. The van der Waals surface area contributed by atoms with Crippen LogP contribution in [0.15, 0.2) is 58.7 Å². The van der Waals surface area contributed by atoms with Crippen LogP contribution in [0, 0.1) is 0 Å². The number of rotatable bonds is 3. The first-order valence-corrected chi connectivity index (χ1v) is 6.49. The summed E-state index contributed by atoms with van der Waals surface area (Å²) in [6, 6.07) is 14.2. The van der Waals surface area contributed by atoms with Crippen molar-refractivity contribution in [2.75, 3.05) is 0 Å². The van der Waals surface area contributed by atoms with Crippen LogP contribution >= 0.6 is 23.2 Å². The molecule has 0 aromatic heterocycles. The molecule has 0 amide bonds.